The topological polar surface area (TPSA) is 247 Å². The van der Waals surface area contributed by atoms with Gasteiger partial charge in [-0.15, -0.1) is 0 Å². The highest BCUT2D eigenvalue weighted by Crippen LogP contribution is 2.66. The van der Waals surface area contributed by atoms with Gasteiger partial charge in [0.15, 0.2) is 11.0 Å². The number of phosphoric ester groups is 1. The van der Waals surface area contributed by atoms with Crippen molar-refractivity contribution in [3.8, 4) is 0 Å². The molecule has 1 aliphatic heterocycles. The van der Waals surface area contributed by atoms with Crippen LogP contribution in [0.25, 0.3) is 0 Å². The number of nitrogens with one attached hydrogen (secondary N) is 1. The summed E-state index contributed by atoms with van der Waals surface area (Å²) in [6.45, 7) is 0.461. The summed E-state index contributed by atoms with van der Waals surface area (Å²) in [5.74, 6) is 0. The highest BCUT2D eigenvalue weighted by molar-refractivity contribution is 7.71. The van der Waals surface area contributed by atoms with Crippen molar-refractivity contribution in [3.05, 3.63) is 26.9 Å². The SMILES string of the molecule is Cc1cn([C@@H]2O[C@H](COP(=O)(O)OP(=O)(O)OP(=O)(O)O)C(O)[C@@H]2O)c(=S)[nH]c1=O. The summed E-state index contributed by atoms with van der Waals surface area (Å²) in [5.41, 5.74) is -0.293. The minimum absolute atomic E-state index is 0.157. The fourth-order valence-electron chi connectivity index (χ4n) is 2.34. The van der Waals surface area contributed by atoms with Crippen molar-refractivity contribution >= 4 is 35.7 Å². The molecule has 0 spiro atoms. The van der Waals surface area contributed by atoms with Crippen molar-refractivity contribution in [2.45, 2.75) is 31.5 Å². The molecule has 1 fully saturated rings. The minimum Gasteiger partial charge on any atom is -0.387 e. The fraction of sp³-hybridized carbons (Fsp3) is 0.600. The van der Waals surface area contributed by atoms with Gasteiger partial charge in [0.2, 0.25) is 0 Å². The predicted molar refractivity (Wildman–Crippen MR) is 96.4 cm³/mol. The molecule has 0 bridgehead atoms. The molecule has 1 saturated heterocycles. The molecular weight excluding hydrogens is 497 g/mol. The molecule has 0 aromatic carbocycles. The van der Waals surface area contributed by atoms with Crippen LogP contribution in [0.4, 0.5) is 0 Å². The summed E-state index contributed by atoms with van der Waals surface area (Å²) in [6.07, 6.45) is -4.90. The highest BCUT2D eigenvalue weighted by atomic mass is 32.1. The van der Waals surface area contributed by atoms with Gasteiger partial charge in [-0.3, -0.25) is 18.9 Å². The predicted octanol–water partition coefficient (Wildman–Crippen LogP) is -0.823. The van der Waals surface area contributed by atoms with Crippen LogP contribution in [0.5, 0.6) is 0 Å². The molecule has 3 unspecified atom stereocenters. The van der Waals surface area contributed by atoms with Gasteiger partial charge in [-0.1, -0.05) is 0 Å². The Bertz CT molecular complexity index is 1050. The van der Waals surface area contributed by atoms with Crippen LogP contribution in [0.3, 0.4) is 0 Å². The normalized spacial score (nSPS) is 28.8. The Labute approximate surface area is 172 Å². The summed E-state index contributed by atoms with van der Waals surface area (Å²) in [4.78, 5) is 49.3. The second kappa shape index (κ2) is 9.10. The molecule has 6 atom stereocenters. The molecule has 0 aliphatic carbocycles. The molecule has 16 nitrogen and oxygen atoms in total. The van der Waals surface area contributed by atoms with E-state index < -0.39 is 60.2 Å². The number of aliphatic hydroxyl groups excluding tert-OH is 2. The van der Waals surface area contributed by atoms with Crippen molar-refractivity contribution in [3.63, 3.8) is 0 Å². The van der Waals surface area contributed by atoms with Crippen LogP contribution < -0.4 is 5.56 Å². The van der Waals surface area contributed by atoms with Crippen LogP contribution in [0, 0.1) is 11.7 Å². The summed E-state index contributed by atoms with van der Waals surface area (Å²) in [6, 6.07) is 0. The Hall–Kier alpha value is -0.610. The summed E-state index contributed by atoms with van der Waals surface area (Å²) < 4.78 is 51.3. The van der Waals surface area contributed by atoms with E-state index in [1.165, 1.54) is 13.1 Å². The van der Waals surface area contributed by atoms with E-state index in [2.05, 4.69) is 18.1 Å². The molecule has 2 rings (SSSR count). The average Bonchev–Trinajstić information content (AvgIpc) is 2.81. The lowest BCUT2D eigenvalue weighted by atomic mass is 10.1. The molecular formula is C10H17N2O14P3S. The van der Waals surface area contributed by atoms with E-state index in [9.17, 15) is 33.6 Å². The number of nitrogens with zero attached hydrogens (tertiary/aromatic N) is 1. The van der Waals surface area contributed by atoms with E-state index in [-0.39, 0.29) is 10.3 Å². The van der Waals surface area contributed by atoms with E-state index in [1.807, 2.05) is 0 Å². The van der Waals surface area contributed by atoms with E-state index in [1.54, 1.807) is 0 Å². The largest absolute Gasteiger partial charge is 0.490 e. The third-order valence-corrected chi connectivity index (χ3v) is 7.69. The number of hydrogen-bond donors (Lipinski definition) is 7. The number of hydrogen-bond acceptors (Lipinski definition) is 11. The third kappa shape index (κ3) is 6.69. The Kier molecular flexibility index (Phi) is 7.78. The van der Waals surface area contributed by atoms with Gasteiger partial charge in [-0.05, 0) is 19.1 Å². The average molecular weight is 514 g/mol. The molecule has 0 amide bonds. The third-order valence-electron chi connectivity index (χ3n) is 3.58. The van der Waals surface area contributed by atoms with Crippen LogP contribution in [-0.2, 0) is 31.6 Å². The summed E-state index contributed by atoms with van der Waals surface area (Å²) in [7, 11) is -16.7. The van der Waals surface area contributed by atoms with Gasteiger partial charge >= 0.3 is 23.5 Å². The number of aliphatic hydroxyl groups is 2. The van der Waals surface area contributed by atoms with Gasteiger partial charge in [0.1, 0.15) is 18.3 Å². The molecule has 7 N–H and O–H groups in total. The Morgan fingerprint density at radius 2 is 1.73 bits per heavy atom. The number of ether oxygens (including phenoxy) is 1. The van der Waals surface area contributed by atoms with Crippen molar-refractivity contribution in [1.82, 2.24) is 9.55 Å². The lowest BCUT2D eigenvalue weighted by Crippen LogP contribution is -2.34. The molecule has 1 aliphatic rings. The second-order valence-corrected chi connectivity index (χ2v) is 10.7. The number of phosphoric acid groups is 3. The zero-order valence-corrected chi connectivity index (χ0v) is 18.2. The first-order chi connectivity index (χ1) is 13.5. The number of rotatable bonds is 8. The molecule has 20 heteroatoms. The molecule has 1 aromatic rings. The van der Waals surface area contributed by atoms with Crippen LogP contribution in [0.1, 0.15) is 11.8 Å². The maximum atomic E-state index is 11.7. The maximum Gasteiger partial charge on any atom is 0.490 e. The van der Waals surface area contributed by atoms with Crippen molar-refractivity contribution < 1.29 is 61.4 Å². The minimum atomic E-state index is -5.71. The van der Waals surface area contributed by atoms with Crippen LogP contribution in [0.15, 0.2) is 11.0 Å². The quantitative estimate of drug-likeness (QED) is 0.165. The number of aromatic amines is 1. The lowest BCUT2D eigenvalue weighted by molar-refractivity contribution is -0.0534. The van der Waals surface area contributed by atoms with Gasteiger partial charge < -0.3 is 34.5 Å². The molecule has 172 valence electrons. The standard InChI is InChI=1S/C10H17N2O14P3S/c1-4-2-12(10(30)11-8(4)15)9-7(14)6(13)5(24-9)3-23-28(19,20)26-29(21,22)25-27(16,17)18/h2,5-7,9,13-14H,3H2,1H3,(H,19,20)(H,21,22)(H,11,15,30)(H2,16,17,18)/t5-,6?,7+,9-/m1/s1. The van der Waals surface area contributed by atoms with Gasteiger partial charge in [0.25, 0.3) is 5.56 Å². The molecule has 0 radical (unpaired) electrons. The first-order valence-electron chi connectivity index (χ1n) is 7.63. The number of H-pyrrole nitrogens is 1. The lowest BCUT2D eigenvalue weighted by Gasteiger charge is -2.19. The van der Waals surface area contributed by atoms with E-state index in [0.717, 1.165) is 4.57 Å². The van der Waals surface area contributed by atoms with Gasteiger partial charge in [-0.2, -0.15) is 8.62 Å². The maximum absolute atomic E-state index is 11.7. The van der Waals surface area contributed by atoms with Gasteiger partial charge in [0.05, 0.1) is 6.61 Å². The van der Waals surface area contributed by atoms with E-state index in [4.69, 9.17) is 31.6 Å². The van der Waals surface area contributed by atoms with E-state index in [0.29, 0.717) is 0 Å². The Morgan fingerprint density at radius 1 is 1.13 bits per heavy atom. The fourth-order valence-corrected chi connectivity index (χ4v) is 5.62. The van der Waals surface area contributed by atoms with Crippen LogP contribution >= 0.6 is 35.7 Å². The molecule has 30 heavy (non-hydrogen) atoms. The van der Waals surface area contributed by atoms with Crippen molar-refractivity contribution in [1.29, 1.82) is 0 Å². The Balaban J connectivity index is 2.09. The highest BCUT2D eigenvalue weighted by Gasteiger charge is 2.46. The summed E-state index contributed by atoms with van der Waals surface area (Å²) >= 11 is 4.96. The van der Waals surface area contributed by atoms with Crippen molar-refractivity contribution in [2.24, 2.45) is 0 Å². The number of aryl methyl sites for hydroxylation is 1. The first kappa shape index (κ1) is 25.6. The van der Waals surface area contributed by atoms with Crippen LogP contribution in [0.2, 0.25) is 0 Å². The summed E-state index contributed by atoms with van der Waals surface area (Å²) in [5, 5.41) is 20.2. The smallest absolute Gasteiger partial charge is 0.387 e. The second-order valence-electron chi connectivity index (χ2n) is 5.91. The van der Waals surface area contributed by atoms with Gasteiger partial charge in [0, 0.05) is 11.8 Å². The number of aromatic nitrogens is 2. The molecule has 1 aromatic heterocycles. The zero-order chi connectivity index (χ0) is 23.1. The van der Waals surface area contributed by atoms with Gasteiger partial charge in [-0.25, -0.2) is 13.7 Å². The van der Waals surface area contributed by atoms with E-state index >= 15 is 0 Å². The zero-order valence-electron chi connectivity index (χ0n) is 14.7. The molecule has 2 heterocycles. The Morgan fingerprint density at radius 3 is 2.30 bits per heavy atom. The first-order valence-corrected chi connectivity index (χ1v) is 12.6. The van der Waals surface area contributed by atoms with Crippen LogP contribution in [-0.4, -0.2) is 64.3 Å². The molecule has 0 saturated carbocycles. The monoisotopic (exact) mass is 514 g/mol. The van der Waals surface area contributed by atoms with Crippen molar-refractivity contribution in [2.75, 3.05) is 6.61 Å².